The summed E-state index contributed by atoms with van der Waals surface area (Å²) in [6, 6.07) is 7.26. The average Bonchev–Trinajstić information content (AvgIpc) is 2.88. The largest absolute Gasteiger partial charge is 0.496 e. The van der Waals surface area contributed by atoms with Crippen LogP contribution in [0.25, 0.3) is 0 Å². The van der Waals surface area contributed by atoms with Crippen LogP contribution in [-0.2, 0) is 20.7 Å². The van der Waals surface area contributed by atoms with Gasteiger partial charge in [-0.15, -0.1) is 0 Å². The molecular weight excluding hydrogens is 482 g/mol. The number of methoxy groups -OCH3 is 1. The Hall–Kier alpha value is -2.99. The molecule has 0 radical (unpaired) electrons. The standard InChI is InChI=1S/C27H29NO9/c1-12-24(31)18(28)8-22(36-12)37-20-10-27(34,21(30)11-29)9-13-6-16-17(7-15(13)20)26(33)23-14(25(16)32)4-3-5-19(23)35-2/h3-7,12,18,20,22,24,29,31,34H,8-11,28H2,1-2H3. The van der Waals surface area contributed by atoms with Crippen LogP contribution in [-0.4, -0.2) is 76.5 Å². The highest BCUT2D eigenvalue weighted by atomic mass is 16.7. The van der Waals surface area contributed by atoms with Crippen molar-refractivity contribution in [2.45, 2.75) is 62.4 Å². The van der Waals surface area contributed by atoms with E-state index in [2.05, 4.69) is 0 Å². The number of hydrogen-bond acceptors (Lipinski definition) is 10. The van der Waals surface area contributed by atoms with Crippen molar-refractivity contribution in [1.82, 2.24) is 0 Å². The van der Waals surface area contributed by atoms with E-state index in [1.54, 1.807) is 31.2 Å². The zero-order valence-corrected chi connectivity index (χ0v) is 20.5. The Morgan fingerprint density at radius 2 is 1.92 bits per heavy atom. The summed E-state index contributed by atoms with van der Waals surface area (Å²) in [7, 11) is 1.42. The molecule has 2 aliphatic carbocycles. The highest BCUT2D eigenvalue weighted by Gasteiger charge is 2.46. The van der Waals surface area contributed by atoms with Gasteiger partial charge in [0.1, 0.15) is 18.0 Å². The van der Waals surface area contributed by atoms with Crippen molar-refractivity contribution >= 4 is 17.3 Å². The number of rotatable bonds is 5. The number of nitrogens with two attached hydrogens (primary N) is 1. The van der Waals surface area contributed by atoms with E-state index in [9.17, 15) is 29.7 Å². The second-order valence-corrected chi connectivity index (χ2v) is 9.92. The van der Waals surface area contributed by atoms with Crippen molar-refractivity contribution in [1.29, 1.82) is 0 Å². The van der Waals surface area contributed by atoms with Gasteiger partial charge in [0, 0.05) is 42.0 Å². The van der Waals surface area contributed by atoms with Gasteiger partial charge in [-0.25, -0.2) is 0 Å². The Labute approximate surface area is 212 Å². The first-order valence-corrected chi connectivity index (χ1v) is 12.1. The van der Waals surface area contributed by atoms with Crippen molar-refractivity contribution in [3.63, 3.8) is 0 Å². The summed E-state index contributed by atoms with van der Waals surface area (Å²) >= 11 is 0. The lowest BCUT2D eigenvalue weighted by Crippen LogP contribution is -2.53. The first-order chi connectivity index (χ1) is 17.6. The second-order valence-electron chi connectivity index (χ2n) is 9.92. The number of fused-ring (bicyclic) bond motifs is 3. The van der Waals surface area contributed by atoms with Crippen molar-refractivity contribution in [2.75, 3.05) is 13.7 Å². The fourth-order valence-electron chi connectivity index (χ4n) is 5.54. The van der Waals surface area contributed by atoms with Crippen molar-refractivity contribution in [3.8, 4) is 5.75 Å². The molecule has 0 amide bonds. The number of carbonyl (C=O) groups excluding carboxylic acids is 3. The number of benzene rings is 2. The molecule has 1 aliphatic heterocycles. The van der Waals surface area contributed by atoms with Crippen LogP contribution in [0.15, 0.2) is 30.3 Å². The van der Waals surface area contributed by atoms with Crippen molar-refractivity contribution in [3.05, 3.63) is 63.7 Å². The average molecular weight is 512 g/mol. The van der Waals surface area contributed by atoms with Gasteiger partial charge in [0.15, 0.2) is 23.6 Å². The minimum atomic E-state index is -1.95. The molecule has 1 fully saturated rings. The summed E-state index contributed by atoms with van der Waals surface area (Å²) in [4.78, 5) is 39.5. The van der Waals surface area contributed by atoms with Crippen LogP contribution < -0.4 is 10.5 Å². The molecule has 0 spiro atoms. The molecule has 0 bridgehead atoms. The zero-order chi connectivity index (χ0) is 26.6. The fourth-order valence-corrected chi connectivity index (χ4v) is 5.54. The minimum Gasteiger partial charge on any atom is -0.496 e. The molecule has 10 nitrogen and oxygen atoms in total. The van der Waals surface area contributed by atoms with Gasteiger partial charge in [0.25, 0.3) is 0 Å². The number of aliphatic hydroxyl groups is 3. The number of hydrogen-bond donors (Lipinski definition) is 4. The Morgan fingerprint density at radius 1 is 1.19 bits per heavy atom. The molecule has 5 rings (SSSR count). The molecule has 1 saturated heterocycles. The molecule has 10 heteroatoms. The normalized spacial score (nSPS) is 30.8. The number of carbonyl (C=O) groups is 3. The maximum atomic E-state index is 13.5. The van der Waals surface area contributed by atoms with Crippen LogP contribution in [0.5, 0.6) is 5.75 Å². The molecule has 196 valence electrons. The molecular formula is C27H29NO9. The molecule has 5 N–H and O–H groups in total. The fraction of sp³-hybridized carbons (Fsp3) is 0.444. The lowest BCUT2D eigenvalue weighted by Gasteiger charge is -2.41. The Morgan fingerprint density at radius 3 is 2.59 bits per heavy atom. The third-order valence-corrected chi connectivity index (χ3v) is 7.57. The molecule has 0 aromatic heterocycles. The van der Waals surface area contributed by atoms with E-state index >= 15 is 0 Å². The number of aliphatic hydroxyl groups excluding tert-OH is 2. The van der Waals surface area contributed by atoms with Crippen LogP contribution in [0, 0.1) is 0 Å². The summed E-state index contributed by atoms with van der Waals surface area (Å²) in [6.45, 7) is 0.786. The minimum absolute atomic E-state index is 0.150. The summed E-state index contributed by atoms with van der Waals surface area (Å²) in [5.74, 6) is -1.27. The first-order valence-electron chi connectivity index (χ1n) is 12.1. The molecule has 6 atom stereocenters. The predicted octanol–water partition coefficient (Wildman–Crippen LogP) is 0.590. The van der Waals surface area contributed by atoms with Crippen LogP contribution in [0.2, 0.25) is 0 Å². The lowest BCUT2D eigenvalue weighted by atomic mass is 9.73. The quantitative estimate of drug-likeness (QED) is 0.381. The monoisotopic (exact) mass is 511 g/mol. The molecule has 37 heavy (non-hydrogen) atoms. The molecule has 1 heterocycles. The Kier molecular flexibility index (Phi) is 6.51. The topological polar surface area (TPSA) is 166 Å². The maximum Gasteiger partial charge on any atom is 0.198 e. The van der Waals surface area contributed by atoms with Crippen molar-refractivity contribution in [2.24, 2.45) is 5.73 Å². The predicted molar refractivity (Wildman–Crippen MR) is 128 cm³/mol. The molecule has 2 aromatic carbocycles. The van der Waals surface area contributed by atoms with Gasteiger partial charge in [0.05, 0.1) is 31.0 Å². The summed E-state index contributed by atoms with van der Waals surface area (Å²) in [5.41, 5.74) is 5.74. The first kappa shape index (κ1) is 25.7. The van der Waals surface area contributed by atoms with Gasteiger partial charge in [-0.05, 0) is 36.2 Å². The van der Waals surface area contributed by atoms with Crippen molar-refractivity contribution < 1.29 is 43.9 Å². The maximum absolute atomic E-state index is 13.5. The highest BCUT2D eigenvalue weighted by molar-refractivity contribution is 6.29. The lowest BCUT2D eigenvalue weighted by molar-refractivity contribution is -0.247. The van der Waals surface area contributed by atoms with E-state index in [-0.39, 0.29) is 58.8 Å². The Balaban J connectivity index is 1.59. The molecule has 0 saturated carbocycles. The van der Waals surface area contributed by atoms with E-state index in [0.717, 1.165) is 0 Å². The number of ether oxygens (including phenoxy) is 3. The van der Waals surface area contributed by atoms with E-state index in [4.69, 9.17) is 19.9 Å². The summed E-state index contributed by atoms with van der Waals surface area (Å²) < 4.78 is 17.3. The van der Waals surface area contributed by atoms with Gasteiger partial charge in [-0.3, -0.25) is 14.4 Å². The van der Waals surface area contributed by atoms with Crippen LogP contribution in [0.1, 0.15) is 68.8 Å². The van der Waals surface area contributed by atoms with Crippen LogP contribution in [0.3, 0.4) is 0 Å². The van der Waals surface area contributed by atoms with E-state index in [0.29, 0.717) is 11.1 Å². The van der Waals surface area contributed by atoms with Gasteiger partial charge in [-0.2, -0.15) is 0 Å². The molecule has 2 aromatic rings. The third-order valence-electron chi connectivity index (χ3n) is 7.57. The zero-order valence-electron chi connectivity index (χ0n) is 20.5. The van der Waals surface area contributed by atoms with Gasteiger partial charge < -0.3 is 35.3 Å². The summed E-state index contributed by atoms with van der Waals surface area (Å²) in [5, 5.41) is 30.8. The van der Waals surface area contributed by atoms with Crippen LogP contribution in [0.4, 0.5) is 0 Å². The second kappa shape index (κ2) is 9.39. The van der Waals surface area contributed by atoms with Gasteiger partial charge in [0.2, 0.25) is 0 Å². The molecule has 6 unspecified atom stereocenters. The number of Topliss-reactive ketones (excluding diaryl/α,β-unsaturated/α-hetero) is 1. The van der Waals surface area contributed by atoms with E-state index in [1.165, 1.54) is 13.2 Å². The number of ketones is 3. The smallest absolute Gasteiger partial charge is 0.198 e. The van der Waals surface area contributed by atoms with Gasteiger partial charge >= 0.3 is 0 Å². The van der Waals surface area contributed by atoms with Crippen LogP contribution >= 0.6 is 0 Å². The summed E-state index contributed by atoms with van der Waals surface area (Å²) in [6.07, 6.45) is -3.47. The van der Waals surface area contributed by atoms with E-state index in [1.807, 2.05) is 0 Å². The SMILES string of the molecule is COc1cccc2c1C(=O)c1cc3c(cc1C2=O)CC(O)(C(=O)CO)CC3OC1CC(N)C(O)C(C)O1. The third kappa shape index (κ3) is 4.19. The highest BCUT2D eigenvalue weighted by Crippen LogP contribution is 2.43. The molecule has 3 aliphatic rings. The van der Waals surface area contributed by atoms with E-state index < -0.39 is 48.6 Å². The Bertz CT molecular complexity index is 1280. The van der Waals surface area contributed by atoms with Gasteiger partial charge in [-0.1, -0.05) is 12.1 Å².